The predicted molar refractivity (Wildman–Crippen MR) is 107 cm³/mol. The van der Waals surface area contributed by atoms with E-state index in [0.717, 1.165) is 22.4 Å². The van der Waals surface area contributed by atoms with E-state index in [-0.39, 0.29) is 23.3 Å². The molecule has 0 spiro atoms. The van der Waals surface area contributed by atoms with Crippen molar-refractivity contribution in [2.75, 3.05) is 16.4 Å². The SMILES string of the molecule is Cc1cccc(Nc2nc(Nc3ccc(C)c(C)c3)nc(N)c2[N+](=O)[O-])c1. The largest absolute Gasteiger partial charge is 0.378 e. The Hall–Kier alpha value is -3.68. The van der Waals surface area contributed by atoms with Gasteiger partial charge in [-0.2, -0.15) is 9.97 Å². The van der Waals surface area contributed by atoms with E-state index in [0.29, 0.717) is 5.69 Å². The molecule has 138 valence electrons. The van der Waals surface area contributed by atoms with Gasteiger partial charge in [0.15, 0.2) is 0 Å². The Morgan fingerprint density at radius 2 is 1.70 bits per heavy atom. The highest BCUT2D eigenvalue weighted by molar-refractivity contribution is 5.75. The predicted octanol–water partition coefficient (Wildman–Crippen LogP) is 4.38. The Labute approximate surface area is 156 Å². The van der Waals surface area contributed by atoms with Crippen LogP contribution in [0.25, 0.3) is 0 Å². The maximum absolute atomic E-state index is 11.4. The van der Waals surface area contributed by atoms with Crippen molar-refractivity contribution in [3.05, 3.63) is 69.3 Å². The zero-order chi connectivity index (χ0) is 19.6. The fourth-order valence-electron chi connectivity index (χ4n) is 2.60. The summed E-state index contributed by atoms with van der Waals surface area (Å²) >= 11 is 0. The van der Waals surface area contributed by atoms with E-state index >= 15 is 0 Å². The minimum atomic E-state index is -0.590. The van der Waals surface area contributed by atoms with E-state index in [4.69, 9.17) is 5.73 Å². The van der Waals surface area contributed by atoms with Crippen LogP contribution in [0.15, 0.2) is 42.5 Å². The molecule has 0 amide bonds. The third kappa shape index (κ3) is 4.12. The second kappa shape index (κ2) is 7.28. The Morgan fingerprint density at radius 1 is 0.963 bits per heavy atom. The summed E-state index contributed by atoms with van der Waals surface area (Å²) in [5.74, 6) is -0.00238. The van der Waals surface area contributed by atoms with E-state index in [1.807, 2.05) is 57.2 Å². The third-order valence-electron chi connectivity index (χ3n) is 4.14. The second-order valence-corrected chi connectivity index (χ2v) is 6.31. The van der Waals surface area contributed by atoms with Gasteiger partial charge in [-0.25, -0.2) is 0 Å². The molecule has 0 saturated heterocycles. The first-order valence-corrected chi connectivity index (χ1v) is 8.33. The summed E-state index contributed by atoms with van der Waals surface area (Å²) in [6.45, 7) is 5.94. The summed E-state index contributed by atoms with van der Waals surface area (Å²) in [5.41, 5.74) is 10.2. The molecular formula is C19H20N6O2. The van der Waals surface area contributed by atoms with Crippen LogP contribution in [-0.4, -0.2) is 14.9 Å². The van der Waals surface area contributed by atoms with Crippen LogP contribution in [0.4, 0.5) is 34.6 Å². The van der Waals surface area contributed by atoms with Gasteiger partial charge < -0.3 is 16.4 Å². The van der Waals surface area contributed by atoms with Gasteiger partial charge in [-0.3, -0.25) is 10.1 Å². The highest BCUT2D eigenvalue weighted by atomic mass is 16.6. The molecule has 0 aliphatic carbocycles. The number of nitrogen functional groups attached to an aromatic ring is 1. The van der Waals surface area contributed by atoms with Crippen molar-refractivity contribution >= 4 is 34.6 Å². The first kappa shape index (κ1) is 18.1. The molecule has 2 aromatic carbocycles. The van der Waals surface area contributed by atoms with Gasteiger partial charge in [-0.15, -0.1) is 0 Å². The van der Waals surface area contributed by atoms with Crippen LogP contribution in [0.5, 0.6) is 0 Å². The van der Waals surface area contributed by atoms with E-state index in [2.05, 4.69) is 20.6 Å². The average molecular weight is 364 g/mol. The van der Waals surface area contributed by atoms with Crippen LogP contribution in [0.1, 0.15) is 16.7 Å². The lowest BCUT2D eigenvalue weighted by atomic mass is 10.1. The number of nitrogens with two attached hydrogens (primary N) is 1. The van der Waals surface area contributed by atoms with Crippen molar-refractivity contribution in [2.45, 2.75) is 20.8 Å². The van der Waals surface area contributed by atoms with Gasteiger partial charge in [0.05, 0.1) is 4.92 Å². The molecule has 0 aliphatic rings. The fourth-order valence-corrected chi connectivity index (χ4v) is 2.60. The van der Waals surface area contributed by atoms with Crippen LogP contribution in [0.2, 0.25) is 0 Å². The first-order chi connectivity index (χ1) is 12.8. The Kier molecular flexibility index (Phi) is 4.89. The number of rotatable bonds is 5. The Bertz CT molecular complexity index is 1020. The zero-order valence-corrected chi connectivity index (χ0v) is 15.3. The number of nitrogens with zero attached hydrogens (tertiary/aromatic N) is 3. The number of nitrogens with one attached hydrogen (secondary N) is 2. The summed E-state index contributed by atoms with van der Waals surface area (Å²) in [4.78, 5) is 19.2. The van der Waals surface area contributed by atoms with E-state index in [1.165, 1.54) is 0 Å². The van der Waals surface area contributed by atoms with Crippen molar-refractivity contribution < 1.29 is 4.92 Å². The third-order valence-corrected chi connectivity index (χ3v) is 4.14. The number of hydrogen-bond donors (Lipinski definition) is 3. The minimum absolute atomic E-state index is 0.0319. The smallest absolute Gasteiger partial charge is 0.353 e. The zero-order valence-electron chi connectivity index (χ0n) is 15.3. The van der Waals surface area contributed by atoms with Gasteiger partial charge in [-0.05, 0) is 61.7 Å². The molecular weight excluding hydrogens is 344 g/mol. The molecule has 0 fully saturated rings. The summed E-state index contributed by atoms with van der Waals surface area (Å²) in [6, 6.07) is 13.2. The lowest BCUT2D eigenvalue weighted by Crippen LogP contribution is -2.08. The maximum Gasteiger partial charge on any atom is 0.353 e. The Morgan fingerprint density at radius 3 is 2.37 bits per heavy atom. The molecule has 0 radical (unpaired) electrons. The van der Waals surface area contributed by atoms with Crippen molar-refractivity contribution in [3.63, 3.8) is 0 Å². The monoisotopic (exact) mass is 364 g/mol. The Balaban J connectivity index is 1.99. The van der Waals surface area contributed by atoms with Gasteiger partial charge in [-0.1, -0.05) is 18.2 Å². The second-order valence-electron chi connectivity index (χ2n) is 6.31. The molecule has 4 N–H and O–H groups in total. The molecule has 3 aromatic rings. The first-order valence-electron chi connectivity index (χ1n) is 8.33. The molecule has 0 aliphatic heterocycles. The highest BCUT2D eigenvalue weighted by Crippen LogP contribution is 2.32. The standard InChI is InChI=1S/C19H20N6O2/c1-11-5-4-6-14(9-11)21-18-16(25(26)27)17(20)23-19(24-18)22-15-8-7-12(2)13(3)10-15/h4-10H,1-3H3,(H4,20,21,22,23,24). The van der Waals surface area contributed by atoms with Gasteiger partial charge >= 0.3 is 5.69 Å². The normalized spacial score (nSPS) is 10.5. The molecule has 0 atom stereocenters. The number of aryl methyl sites for hydroxylation is 3. The van der Waals surface area contributed by atoms with Gasteiger partial charge in [0.2, 0.25) is 17.6 Å². The maximum atomic E-state index is 11.4. The molecule has 3 rings (SSSR count). The van der Waals surface area contributed by atoms with E-state index < -0.39 is 4.92 Å². The summed E-state index contributed by atoms with van der Waals surface area (Å²) in [5, 5.41) is 17.5. The molecule has 1 aromatic heterocycles. The quantitative estimate of drug-likeness (QED) is 0.454. The summed E-state index contributed by atoms with van der Waals surface area (Å²) < 4.78 is 0. The van der Waals surface area contributed by atoms with Gasteiger partial charge in [0.1, 0.15) is 0 Å². The average Bonchev–Trinajstić information content (AvgIpc) is 2.57. The van der Waals surface area contributed by atoms with Gasteiger partial charge in [0.25, 0.3) is 0 Å². The number of nitro groups is 1. The molecule has 8 nitrogen and oxygen atoms in total. The lowest BCUT2D eigenvalue weighted by Gasteiger charge is -2.12. The molecule has 0 bridgehead atoms. The number of anilines is 5. The number of hydrogen-bond acceptors (Lipinski definition) is 7. The molecule has 8 heteroatoms. The molecule has 27 heavy (non-hydrogen) atoms. The van der Waals surface area contributed by atoms with Crippen molar-refractivity contribution in [3.8, 4) is 0 Å². The van der Waals surface area contributed by atoms with Crippen LogP contribution < -0.4 is 16.4 Å². The van der Waals surface area contributed by atoms with E-state index in [9.17, 15) is 10.1 Å². The molecule has 1 heterocycles. The van der Waals surface area contributed by atoms with Crippen LogP contribution in [0, 0.1) is 30.9 Å². The summed E-state index contributed by atoms with van der Waals surface area (Å²) in [6.07, 6.45) is 0. The summed E-state index contributed by atoms with van der Waals surface area (Å²) in [7, 11) is 0. The topological polar surface area (TPSA) is 119 Å². The van der Waals surface area contributed by atoms with Crippen LogP contribution in [-0.2, 0) is 0 Å². The van der Waals surface area contributed by atoms with Crippen molar-refractivity contribution in [1.29, 1.82) is 0 Å². The molecule has 0 unspecified atom stereocenters. The highest BCUT2D eigenvalue weighted by Gasteiger charge is 2.23. The molecule has 0 saturated carbocycles. The van der Waals surface area contributed by atoms with Crippen molar-refractivity contribution in [1.82, 2.24) is 9.97 Å². The fraction of sp³-hybridized carbons (Fsp3) is 0.158. The van der Waals surface area contributed by atoms with Crippen molar-refractivity contribution in [2.24, 2.45) is 0 Å². The number of benzene rings is 2. The van der Waals surface area contributed by atoms with Gasteiger partial charge in [0, 0.05) is 11.4 Å². The lowest BCUT2D eigenvalue weighted by molar-refractivity contribution is -0.383. The minimum Gasteiger partial charge on any atom is -0.378 e. The van der Waals surface area contributed by atoms with E-state index in [1.54, 1.807) is 6.07 Å². The number of aromatic nitrogens is 2. The van der Waals surface area contributed by atoms with Crippen LogP contribution in [0.3, 0.4) is 0 Å². The van der Waals surface area contributed by atoms with Crippen LogP contribution >= 0.6 is 0 Å².